The van der Waals surface area contributed by atoms with Gasteiger partial charge in [-0.3, -0.25) is 4.79 Å². The lowest BCUT2D eigenvalue weighted by molar-refractivity contribution is -0.132. The van der Waals surface area contributed by atoms with Gasteiger partial charge in [0.1, 0.15) is 0 Å². The van der Waals surface area contributed by atoms with Gasteiger partial charge in [0.05, 0.1) is 0 Å². The lowest BCUT2D eigenvalue weighted by atomic mass is 10.2. The number of rotatable bonds is 2. The van der Waals surface area contributed by atoms with Crippen LogP contribution in [0.15, 0.2) is 17.5 Å². The van der Waals surface area contributed by atoms with Gasteiger partial charge in [-0.15, -0.1) is 11.3 Å². The molecule has 17 heavy (non-hydrogen) atoms. The summed E-state index contributed by atoms with van der Waals surface area (Å²) in [6, 6.07) is 4.35. The van der Waals surface area contributed by atoms with Crippen LogP contribution in [0.2, 0.25) is 0 Å². The van der Waals surface area contributed by atoms with Gasteiger partial charge in [0.25, 0.3) is 0 Å². The third kappa shape index (κ3) is 2.68. The van der Waals surface area contributed by atoms with Crippen molar-refractivity contribution in [2.45, 2.75) is 24.5 Å². The van der Waals surface area contributed by atoms with Crippen LogP contribution in [0.1, 0.15) is 29.4 Å². The topological polar surface area (TPSA) is 20.3 Å². The molecule has 0 unspecified atom stereocenters. The molecular weight excluding hydrogens is 250 g/mol. The molecule has 92 valence electrons. The van der Waals surface area contributed by atoms with E-state index in [-0.39, 0.29) is 0 Å². The predicted octanol–water partition coefficient (Wildman–Crippen LogP) is 3.16. The predicted molar refractivity (Wildman–Crippen MR) is 73.4 cm³/mol. The molecule has 1 aromatic heterocycles. The Morgan fingerprint density at radius 1 is 1.29 bits per heavy atom. The fourth-order valence-electron chi connectivity index (χ4n) is 2.28. The summed E-state index contributed by atoms with van der Waals surface area (Å²) in [7, 11) is 0. The number of thioether (sulfide) groups is 1. The average Bonchev–Trinajstić information content (AvgIpc) is 3.11. The van der Waals surface area contributed by atoms with Gasteiger partial charge < -0.3 is 4.90 Å². The van der Waals surface area contributed by atoms with E-state index in [1.807, 2.05) is 23.1 Å². The Morgan fingerprint density at radius 2 is 2.18 bits per heavy atom. The number of carbonyl (C=O) groups is 1. The summed E-state index contributed by atoms with van der Waals surface area (Å²) < 4.78 is 0. The summed E-state index contributed by atoms with van der Waals surface area (Å²) in [6.45, 7) is 1.90. The SMILES string of the molecule is O=C(C1CC1)N1CCS[C@H](c2cccs2)CC1. The lowest BCUT2D eigenvalue weighted by Gasteiger charge is -2.19. The van der Waals surface area contributed by atoms with Gasteiger partial charge in [-0.1, -0.05) is 6.07 Å². The van der Waals surface area contributed by atoms with Crippen molar-refractivity contribution in [3.8, 4) is 0 Å². The summed E-state index contributed by atoms with van der Waals surface area (Å²) >= 11 is 3.85. The van der Waals surface area contributed by atoms with Gasteiger partial charge in [0.2, 0.25) is 5.91 Å². The van der Waals surface area contributed by atoms with E-state index in [0.29, 0.717) is 17.1 Å². The summed E-state index contributed by atoms with van der Waals surface area (Å²) in [5, 5.41) is 2.75. The van der Waals surface area contributed by atoms with Crippen LogP contribution in [0, 0.1) is 5.92 Å². The third-order valence-electron chi connectivity index (χ3n) is 3.44. The molecule has 4 heteroatoms. The van der Waals surface area contributed by atoms with Crippen LogP contribution in [-0.2, 0) is 4.79 Å². The second-order valence-electron chi connectivity index (χ2n) is 4.76. The van der Waals surface area contributed by atoms with E-state index >= 15 is 0 Å². The van der Waals surface area contributed by atoms with E-state index in [1.54, 1.807) is 0 Å². The van der Waals surface area contributed by atoms with Crippen molar-refractivity contribution >= 4 is 29.0 Å². The number of thiophene rings is 1. The van der Waals surface area contributed by atoms with E-state index in [2.05, 4.69) is 22.4 Å². The number of hydrogen-bond acceptors (Lipinski definition) is 3. The van der Waals surface area contributed by atoms with Crippen LogP contribution < -0.4 is 0 Å². The normalized spacial score (nSPS) is 25.6. The second kappa shape index (κ2) is 5.02. The van der Waals surface area contributed by atoms with Gasteiger partial charge in [-0.2, -0.15) is 11.8 Å². The van der Waals surface area contributed by atoms with E-state index in [1.165, 1.54) is 4.88 Å². The zero-order valence-electron chi connectivity index (χ0n) is 9.80. The molecule has 1 atom stereocenters. The van der Waals surface area contributed by atoms with Crippen LogP contribution >= 0.6 is 23.1 Å². The molecule has 0 N–H and O–H groups in total. The lowest BCUT2D eigenvalue weighted by Crippen LogP contribution is -2.34. The van der Waals surface area contributed by atoms with Crippen molar-refractivity contribution in [1.29, 1.82) is 0 Å². The molecule has 0 spiro atoms. The summed E-state index contributed by atoms with van der Waals surface area (Å²) in [5.41, 5.74) is 0. The molecule has 2 heterocycles. The van der Waals surface area contributed by atoms with Crippen LogP contribution in [0.3, 0.4) is 0 Å². The first-order valence-electron chi connectivity index (χ1n) is 6.28. The molecule has 0 bridgehead atoms. The third-order valence-corrected chi connectivity index (χ3v) is 5.89. The molecule has 2 nitrogen and oxygen atoms in total. The van der Waals surface area contributed by atoms with Crippen LogP contribution in [0.4, 0.5) is 0 Å². The van der Waals surface area contributed by atoms with Crippen LogP contribution in [0.25, 0.3) is 0 Å². The standard InChI is InChI=1S/C13H17NOS2/c15-13(10-3-4-10)14-6-5-12(17-9-7-14)11-2-1-8-16-11/h1-2,8,10,12H,3-7,9H2/t12-/m0/s1. The molecule has 2 aliphatic rings. The largest absolute Gasteiger partial charge is 0.342 e. The Hall–Kier alpha value is -0.480. The number of carbonyl (C=O) groups excluding carboxylic acids is 1. The van der Waals surface area contributed by atoms with E-state index < -0.39 is 0 Å². The van der Waals surface area contributed by atoms with E-state index in [4.69, 9.17) is 0 Å². The van der Waals surface area contributed by atoms with E-state index in [0.717, 1.165) is 38.1 Å². The maximum atomic E-state index is 12.0. The molecule has 2 fully saturated rings. The highest BCUT2D eigenvalue weighted by molar-refractivity contribution is 7.99. The Labute approximate surface area is 110 Å². The Kier molecular flexibility index (Phi) is 3.43. The molecule has 1 aliphatic carbocycles. The first-order chi connectivity index (χ1) is 8.34. The number of hydrogen-bond donors (Lipinski definition) is 0. The highest BCUT2D eigenvalue weighted by Gasteiger charge is 2.34. The van der Waals surface area contributed by atoms with E-state index in [9.17, 15) is 4.79 Å². The average molecular weight is 267 g/mol. The Balaban J connectivity index is 1.61. The van der Waals surface area contributed by atoms with Crippen molar-refractivity contribution in [2.75, 3.05) is 18.8 Å². The van der Waals surface area contributed by atoms with Gasteiger partial charge in [0, 0.05) is 34.9 Å². The Morgan fingerprint density at radius 3 is 2.88 bits per heavy atom. The molecule has 1 aromatic rings. The quantitative estimate of drug-likeness (QED) is 0.820. The molecule has 1 saturated carbocycles. The number of nitrogens with zero attached hydrogens (tertiary/aromatic N) is 1. The van der Waals surface area contributed by atoms with Crippen molar-refractivity contribution in [3.63, 3.8) is 0 Å². The summed E-state index contributed by atoms with van der Waals surface area (Å²) in [6.07, 6.45) is 3.36. The molecule has 0 radical (unpaired) electrons. The zero-order valence-corrected chi connectivity index (χ0v) is 11.4. The maximum Gasteiger partial charge on any atom is 0.225 e. The highest BCUT2D eigenvalue weighted by atomic mass is 32.2. The minimum absolute atomic E-state index is 0.373. The number of amides is 1. The molecule has 1 aliphatic heterocycles. The van der Waals surface area contributed by atoms with Crippen molar-refractivity contribution < 1.29 is 4.79 Å². The zero-order chi connectivity index (χ0) is 11.7. The Bertz CT molecular complexity index is 386. The maximum absolute atomic E-state index is 12.0. The van der Waals surface area contributed by atoms with Crippen molar-refractivity contribution in [2.24, 2.45) is 5.92 Å². The van der Waals surface area contributed by atoms with Crippen LogP contribution in [-0.4, -0.2) is 29.6 Å². The highest BCUT2D eigenvalue weighted by Crippen LogP contribution is 2.38. The minimum atomic E-state index is 0.373. The molecular formula is C13H17NOS2. The molecule has 0 aromatic carbocycles. The first kappa shape index (κ1) is 11.6. The fourth-order valence-corrected chi connectivity index (χ4v) is 4.52. The fraction of sp³-hybridized carbons (Fsp3) is 0.615. The van der Waals surface area contributed by atoms with Gasteiger partial charge >= 0.3 is 0 Å². The minimum Gasteiger partial charge on any atom is -0.342 e. The first-order valence-corrected chi connectivity index (χ1v) is 8.21. The molecule has 3 rings (SSSR count). The van der Waals surface area contributed by atoms with Crippen molar-refractivity contribution in [3.05, 3.63) is 22.4 Å². The van der Waals surface area contributed by atoms with Gasteiger partial charge in [-0.25, -0.2) is 0 Å². The van der Waals surface area contributed by atoms with Gasteiger partial charge in [-0.05, 0) is 30.7 Å². The molecule has 1 amide bonds. The van der Waals surface area contributed by atoms with Crippen LogP contribution in [0.5, 0.6) is 0 Å². The van der Waals surface area contributed by atoms with Gasteiger partial charge in [0.15, 0.2) is 0 Å². The molecule has 1 saturated heterocycles. The smallest absolute Gasteiger partial charge is 0.225 e. The summed E-state index contributed by atoms with van der Waals surface area (Å²) in [5.74, 6) is 1.87. The summed E-state index contributed by atoms with van der Waals surface area (Å²) in [4.78, 5) is 15.6. The second-order valence-corrected chi connectivity index (χ2v) is 7.05. The monoisotopic (exact) mass is 267 g/mol. The van der Waals surface area contributed by atoms with Crippen molar-refractivity contribution in [1.82, 2.24) is 4.90 Å².